The molecule has 0 saturated heterocycles. The zero-order chi connectivity index (χ0) is 10.1. The van der Waals surface area contributed by atoms with Crippen molar-refractivity contribution in [3.8, 4) is 0 Å². The van der Waals surface area contributed by atoms with Crippen LogP contribution in [-0.2, 0) is 9.59 Å². The number of carboxylic acid groups (broad SMARTS) is 2. The molecule has 0 saturated carbocycles. The van der Waals surface area contributed by atoms with Crippen molar-refractivity contribution in [1.82, 2.24) is 0 Å². The fourth-order valence-electron chi connectivity index (χ4n) is 0.622. The molecular formula is C8H14AlO4. The molecule has 0 atom stereocenters. The summed E-state index contributed by atoms with van der Waals surface area (Å²) in [4.78, 5) is 18.9. The fraction of sp³-hybridized carbons (Fsp3) is 0.750. The topological polar surface area (TPSA) is 80.3 Å². The van der Waals surface area contributed by atoms with Gasteiger partial charge in [0.2, 0.25) is 0 Å². The molecule has 0 aliphatic heterocycles. The normalized spacial score (nSPS) is 8.00. The van der Waals surface area contributed by atoms with Gasteiger partial charge in [0, 0.05) is 11.9 Å². The molecule has 0 aliphatic rings. The first-order valence-corrected chi connectivity index (χ1v) is 3.84. The Morgan fingerprint density at radius 2 is 1.38 bits per heavy atom. The summed E-state index contributed by atoms with van der Waals surface area (Å²) in [5, 5.41) is 18.9. The number of carboxylic acids is 2. The first-order chi connectivity index (χ1) is 5.45. The minimum absolute atomic E-state index is 0. The summed E-state index contributed by atoms with van der Waals surface area (Å²) in [5.41, 5.74) is 0. The van der Waals surface area contributed by atoms with Gasteiger partial charge < -0.3 is 19.8 Å². The van der Waals surface area contributed by atoms with Crippen molar-refractivity contribution in [2.75, 3.05) is 0 Å². The molecule has 0 aliphatic carbocycles. The third-order valence-corrected chi connectivity index (χ3v) is 1.32. The van der Waals surface area contributed by atoms with Crippen molar-refractivity contribution < 1.29 is 19.8 Å². The van der Waals surface area contributed by atoms with Gasteiger partial charge in [-0.15, -0.1) is 0 Å². The molecule has 1 radical (unpaired) electrons. The van der Waals surface area contributed by atoms with Crippen LogP contribution in [0.4, 0.5) is 0 Å². The molecule has 0 fully saturated rings. The average molecular weight is 201 g/mol. The van der Waals surface area contributed by atoms with Crippen LogP contribution in [0.5, 0.6) is 0 Å². The second kappa shape index (κ2) is 11.5. The minimum Gasteiger partial charge on any atom is -0.550 e. The average Bonchev–Trinajstić information content (AvgIpc) is 1.87. The van der Waals surface area contributed by atoms with Crippen molar-refractivity contribution in [3.05, 3.63) is 0 Å². The molecule has 0 spiro atoms. The van der Waals surface area contributed by atoms with E-state index in [1.54, 1.807) is 0 Å². The van der Waals surface area contributed by atoms with Crippen LogP contribution in [0.25, 0.3) is 0 Å². The third-order valence-electron chi connectivity index (χ3n) is 1.32. The predicted octanol–water partition coefficient (Wildman–Crippen LogP) is -1.45. The second-order valence-electron chi connectivity index (χ2n) is 2.32. The van der Waals surface area contributed by atoms with E-state index < -0.39 is 11.9 Å². The summed E-state index contributed by atoms with van der Waals surface area (Å²) in [6.45, 7) is 4.67. The van der Waals surface area contributed by atoms with E-state index in [1.165, 1.54) is 0 Å². The Kier molecular flexibility index (Phi) is 16.1. The van der Waals surface area contributed by atoms with E-state index in [2.05, 4.69) is 0 Å². The summed E-state index contributed by atoms with van der Waals surface area (Å²) >= 11 is 0. The summed E-state index contributed by atoms with van der Waals surface area (Å²) in [6, 6.07) is 0. The van der Waals surface area contributed by atoms with Gasteiger partial charge in [-0.25, -0.2) is 0 Å². The van der Waals surface area contributed by atoms with Crippen molar-refractivity contribution >= 4 is 29.3 Å². The molecule has 4 nitrogen and oxygen atoms in total. The zero-order valence-corrected chi connectivity index (χ0v) is 9.36. The van der Waals surface area contributed by atoms with Crippen molar-refractivity contribution in [2.24, 2.45) is 5.92 Å². The van der Waals surface area contributed by atoms with Gasteiger partial charge in [0.15, 0.2) is 0 Å². The number of aliphatic carboxylic acids is 2. The molecule has 5 heteroatoms. The summed E-state index contributed by atoms with van der Waals surface area (Å²) in [6.07, 6.45) is 1.36. The van der Waals surface area contributed by atoms with Gasteiger partial charge in [0.1, 0.15) is 0 Å². The second-order valence-corrected chi connectivity index (χ2v) is 2.32. The van der Waals surface area contributed by atoms with Gasteiger partial charge in [-0.05, 0) is 25.7 Å². The van der Waals surface area contributed by atoms with Crippen LogP contribution >= 0.6 is 0 Å². The number of hydrogen-bond acceptors (Lipinski definition) is 4. The number of rotatable bonds is 3. The maximum atomic E-state index is 10.1. The Labute approximate surface area is 89.1 Å². The molecule has 0 aromatic rings. The molecule has 0 N–H and O–H groups in total. The number of carbonyl (C=O) groups is 2. The van der Waals surface area contributed by atoms with E-state index in [9.17, 15) is 9.90 Å². The third kappa shape index (κ3) is 18.4. The van der Waals surface area contributed by atoms with E-state index in [-0.39, 0.29) is 23.3 Å². The summed E-state index contributed by atoms with van der Waals surface area (Å²) in [7, 11) is 0. The van der Waals surface area contributed by atoms with Gasteiger partial charge in [-0.3, -0.25) is 0 Å². The molecule has 73 valence electrons. The van der Waals surface area contributed by atoms with Gasteiger partial charge in [-0.2, -0.15) is 0 Å². The van der Waals surface area contributed by atoms with Crippen LogP contribution in [0.15, 0.2) is 0 Å². The van der Waals surface area contributed by atoms with Gasteiger partial charge in [0.05, 0.1) is 0 Å². The van der Waals surface area contributed by atoms with E-state index in [0.29, 0.717) is 12.8 Å². The predicted molar refractivity (Wildman–Crippen MR) is 45.5 cm³/mol. The molecule has 0 rings (SSSR count). The molecule has 0 heterocycles. The van der Waals surface area contributed by atoms with E-state index >= 15 is 0 Å². The molecule has 0 unspecified atom stereocenters. The van der Waals surface area contributed by atoms with Gasteiger partial charge >= 0.3 is 17.4 Å². The SMILES string of the molecule is CC(=O)[O-].CCC(CC)C(=O)[O-].[Al+2]. The quantitative estimate of drug-likeness (QED) is 0.523. The number of carbonyl (C=O) groups excluding carboxylic acids is 2. The van der Waals surface area contributed by atoms with Crippen molar-refractivity contribution in [3.63, 3.8) is 0 Å². The first kappa shape index (κ1) is 18.3. The van der Waals surface area contributed by atoms with Crippen LogP contribution < -0.4 is 10.2 Å². The Hall–Kier alpha value is -0.528. The van der Waals surface area contributed by atoms with E-state index in [4.69, 9.17) is 9.90 Å². The molecule has 0 bridgehead atoms. The Balaban J connectivity index is -0.000000173. The van der Waals surface area contributed by atoms with Crippen LogP contribution in [-0.4, -0.2) is 29.3 Å². The smallest absolute Gasteiger partial charge is 0.550 e. The first-order valence-electron chi connectivity index (χ1n) is 3.84. The molecular weight excluding hydrogens is 187 g/mol. The zero-order valence-electron chi connectivity index (χ0n) is 8.20. The monoisotopic (exact) mass is 201 g/mol. The van der Waals surface area contributed by atoms with Gasteiger partial charge in [0.25, 0.3) is 0 Å². The molecule has 0 amide bonds. The summed E-state index contributed by atoms with van der Waals surface area (Å²) in [5.74, 6) is -2.25. The molecule has 0 aromatic carbocycles. The molecule has 13 heavy (non-hydrogen) atoms. The maximum absolute atomic E-state index is 10.1. The van der Waals surface area contributed by atoms with Crippen LogP contribution in [0.1, 0.15) is 33.6 Å². The summed E-state index contributed by atoms with van der Waals surface area (Å²) < 4.78 is 0. The fourth-order valence-corrected chi connectivity index (χ4v) is 0.622. The number of hydrogen-bond donors (Lipinski definition) is 0. The van der Waals surface area contributed by atoms with Crippen LogP contribution in [0.2, 0.25) is 0 Å². The van der Waals surface area contributed by atoms with Crippen LogP contribution in [0, 0.1) is 5.92 Å². The minimum atomic E-state index is -1.08. The largest absolute Gasteiger partial charge is 2.00 e. The van der Waals surface area contributed by atoms with Crippen LogP contribution in [0.3, 0.4) is 0 Å². The molecule has 0 aromatic heterocycles. The van der Waals surface area contributed by atoms with Gasteiger partial charge in [-0.1, -0.05) is 13.8 Å². The van der Waals surface area contributed by atoms with Crippen molar-refractivity contribution in [2.45, 2.75) is 33.6 Å². The Bertz CT molecular complexity index is 139. The van der Waals surface area contributed by atoms with E-state index in [0.717, 1.165) is 6.92 Å². The Morgan fingerprint density at radius 1 is 1.15 bits per heavy atom. The van der Waals surface area contributed by atoms with E-state index in [1.807, 2.05) is 13.8 Å². The Morgan fingerprint density at radius 3 is 1.38 bits per heavy atom. The van der Waals surface area contributed by atoms with Crippen molar-refractivity contribution in [1.29, 1.82) is 0 Å². The standard InChI is InChI=1S/C6H12O2.C2H4O2.Al/c1-3-5(4-2)6(7)8;1-2(3)4;/h5H,3-4H2,1-2H3,(H,7,8);1H3,(H,3,4);/q;;+2/p-2. The maximum Gasteiger partial charge on any atom is 2.00 e.